The number of carboxylic acids is 2. The summed E-state index contributed by atoms with van der Waals surface area (Å²) in [7, 11) is 0. The minimum atomic E-state index is -0.879. The maximum absolute atomic E-state index is 11.9. The number of amides is 1. The van der Waals surface area contributed by atoms with Crippen molar-refractivity contribution in [3.8, 4) is 0 Å². The van der Waals surface area contributed by atoms with Gasteiger partial charge in [-0.25, -0.2) is 0 Å². The Morgan fingerprint density at radius 1 is 0.889 bits per heavy atom. The van der Waals surface area contributed by atoms with E-state index in [4.69, 9.17) is 10.2 Å². The number of nitrogens with zero attached hydrogens (tertiary/aromatic N) is 1. The molecule has 0 aromatic heterocycles. The summed E-state index contributed by atoms with van der Waals surface area (Å²) in [6.07, 6.45) is 6.97. The van der Waals surface area contributed by atoms with Gasteiger partial charge in [0.25, 0.3) is 0 Å². The normalized spacial score (nSPS) is 11.6. The van der Waals surface area contributed by atoms with E-state index >= 15 is 0 Å². The molecule has 156 valence electrons. The quantitative estimate of drug-likeness (QED) is 0.221. The lowest BCUT2D eigenvalue weighted by molar-refractivity contribution is -0.927. The van der Waals surface area contributed by atoms with E-state index in [-0.39, 0.29) is 25.4 Å². The van der Waals surface area contributed by atoms with Crippen molar-refractivity contribution in [1.29, 1.82) is 0 Å². The number of quaternary nitrogens is 1. The molecule has 8 heteroatoms. The number of carbonyl (C=O) groups is 3. The first-order chi connectivity index (χ1) is 12.8. The zero-order valence-corrected chi connectivity index (χ0v) is 16.4. The summed E-state index contributed by atoms with van der Waals surface area (Å²) in [5.74, 6) is -1.80. The Hall–Kier alpha value is -1.93. The minimum absolute atomic E-state index is 0.0283. The van der Waals surface area contributed by atoms with E-state index in [9.17, 15) is 19.5 Å². The molecule has 0 bridgehead atoms. The lowest BCUT2D eigenvalue weighted by atomic mass is 10.2. The van der Waals surface area contributed by atoms with Gasteiger partial charge in [0.05, 0.1) is 45.6 Å². The topological polar surface area (TPSA) is 124 Å². The van der Waals surface area contributed by atoms with Gasteiger partial charge in [0, 0.05) is 19.3 Å². The number of carbonyl (C=O) groups excluding carboxylic acids is 1. The third-order valence-electron chi connectivity index (χ3n) is 4.47. The monoisotopic (exact) mass is 387 g/mol. The van der Waals surface area contributed by atoms with Crippen LogP contribution in [0.4, 0.5) is 0 Å². The summed E-state index contributed by atoms with van der Waals surface area (Å²) in [6.45, 7) is 4.38. The SMILES string of the molecule is CC/C=C/CCC(=O)NCC[N+](CCO)(CCCC(=O)O)CCCC(=O)O. The van der Waals surface area contributed by atoms with Crippen molar-refractivity contribution >= 4 is 17.8 Å². The van der Waals surface area contributed by atoms with E-state index < -0.39 is 11.9 Å². The Bertz CT molecular complexity index is 459. The second kappa shape index (κ2) is 15.2. The zero-order valence-electron chi connectivity index (χ0n) is 16.4. The Morgan fingerprint density at radius 2 is 1.48 bits per heavy atom. The maximum Gasteiger partial charge on any atom is 0.303 e. The predicted molar refractivity (Wildman–Crippen MR) is 102 cm³/mol. The first kappa shape index (κ1) is 25.1. The average Bonchev–Trinajstić information content (AvgIpc) is 2.58. The van der Waals surface area contributed by atoms with Crippen LogP contribution < -0.4 is 5.32 Å². The number of hydrogen-bond donors (Lipinski definition) is 4. The highest BCUT2D eigenvalue weighted by Crippen LogP contribution is 2.12. The van der Waals surface area contributed by atoms with Crippen molar-refractivity contribution in [2.24, 2.45) is 0 Å². The molecule has 0 saturated heterocycles. The lowest BCUT2D eigenvalue weighted by Crippen LogP contribution is -2.54. The van der Waals surface area contributed by atoms with Crippen LogP contribution >= 0.6 is 0 Å². The molecule has 0 aromatic carbocycles. The molecule has 0 heterocycles. The molecular weight excluding hydrogens is 352 g/mol. The largest absolute Gasteiger partial charge is 0.481 e. The summed E-state index contributed by atoms with van der Waals surface area (Å²) in [4.78, 5) is 33.5. The van der Waals surface area contributed by atoms with E-state index in [0.29, 0.717) is 62.9 Å². The van der Waals surface area contributed by atoms with Crippen LogP contribution in [0.5, 0.6) is 0 Å². The van der Waals surface area contributed by atoms with Crippen molar-refractivity contribution in [2.75, 3.05) is 39.3 Å². The summed E-state index contributed by atoms with van der Waals surface area (Å²) in [5.41, 5.74) is 0. The van der Waals surface area contributed by atoms with Crippen molar-refractivity contribution in [3.63, 3.8) is 0 Å². The van der Waals surface area contributed by atoms with Crippen molar-refractivity contribution in [2.45, 2.75) is 51.9 Å². The molecule has 0 aliphatic heterocycles. The van der Waals surface area contributed by atoms with Gasteiger partial charge in [0.15, 0.2) is 0 Å². The number of aliphatic hydroxyl groups is 1. The highest BCUT2D eigenvalue weighted by molar-refractivity contribution is 5.75. The summed E-state index contributed by atoms with van der Waals surface area (Å²) in [6, 6.07) is 0. The number of aliphatic hydroxyl groups excluding tert-OH is 1. The number of carboxylic acid groups (broad SMARTS) is 2. The zero-order chi connectivity index (χ0) is 20.5. The molecule has 0 radical (unpaired) electrons. The van der Waals surface area contributed by atoms with Gasteiger partial charge in [-0.2, -0.15) is 0 Å². The summed E-state index contributed by atoms with van der Waals surface area (Å²) in [5, 5.41) is 30.0. The second-order valence-electron chi connectivity index (χ2n) is 6.72. The van der Waals surface area contributed by atoms with Crippen LogP contribution in [0.1, 0.15) is 51.9 Å². The molecule has 0 spiro atoms. The number of aliphatic carboxylic acids is 2. The van der Waals surface area contributed by atoms with Gasteiger partial charge < -0.3 is 25.1 Å². The average molecular weight is 387 g/mol. The maximum atomic E-state index is 11.9. The summed E-state index contributed by atoms with van der Waals surface area (Å²) >= 11 is 0. The Morgan fingerprint density at radius 3 is 1.96 bits per heavy atom. The molecule has 0 rings (SSSR count). The Labute approximate surface area is 161 Å². The molecule has 0 aromatic rings. The van der Waals surface area contributed by atoms with Crippen LogP contribution in [0.25, 0.3) is 0 Å². The number of hydrogen-bond acceptors (Lipinski definition) is 4. The van der Waals surface area contributed by atoms with Crippen LogP contribution in [0.15, 0.2) is 12.2 Å². The number of rotatable bonds is 17. The van der Waals surface area contributed by atoms with Gasteiger partial charge in [-0.15, -0.1) is 0 Å². The van der Waals surface area contributed by atoms with Gasteiger partial charge >= 0.3 is 11.9 Å². The van der Waals surface area contributed by atoms with E-state index in [2.05, 4.69) is 5.32 Å². The minimum Gasteiger partial charge on any atom is -0.481 e. The predicted octanol–water partition coefficient (Wildman–Crippen LogP) is 1.39. The van der Waals surface area contributed by atoms with Gasteiger partial charge in [0.2, 0.25) is 5.91 Å². The van der Waals surface area contributed by atoms with Crippen molar-refractivity contribution in [3.05, 3.63) is 12.2 Å². The van der Waals surface area contributed by atoms with Crippen LogP contribution in [0, 0.1) is 0 Å². The number of allylic oxidation sites excluding steroid dienone is 2. The van der Waals surface area contributed by atoms with Gasteiger partial charge in [-0.05, 0) is 12.8 Å². The smallest absolute Gasteiger partial charge is 0.303 e. The Balaban J connectivity index is 4.66. The molecule has 27 heavy (non-hydrogen) atoms. The fourth-order valence-electron chi connectivity index (χ4n) is 3.03. The molecule has 4 N–H and O–H groups in total. The third-order valence-corrected chi connectivity index (χ3v) is 4.47. The van der Waals surface area contributed by atoms with Crippen molar-refractivity contribution < 1.29 is 34.2 Å². The van der Waals surface area contributed by atoms with Gasteiger partial charge in [-0.3, -0.25) is 14.4 Å². The number of nitrogens with one attached hydrogen (secondary N) is 1. The molecule has 8 nitrogen and oxygen atoms in total. The lowest BCUT2D eigenvalue weighted by Gasteiger charge is -2.38. The van der Waals surface area contributed by atoms with E-state index in [1.165, 1.54) is 0 Å². The molecule has 0 aliphatic carbocycles. The van der Waals surface area contributed by atoms with Crippen LogP contribution in [0.2, 0.25) is 0 Å². The van der Waals surface area contributed by atoms with Crippen LogP contribution in [-0.4, -0.2) is 77.0 Å². The fraction of sp³-hybridized carbons (Fsp3) is 0.737. The molecule has 0 unspecified atom stereocenters. The molecule has 1 amide bonds. The van der Waals surface area contributed by atoms with Gasteiger partial charge in [0.1, 0.15) is 6.54 Å². The standard InChI is InChI=1S/C19H34N2O6/c1-2-3-4-5-8-17(23)20-11-14-21(15-16-22,12-6-9-18(24)25)13-7-10-19(26)27/h3-4,22H,2,5-16H2,1H3,(H2-,20,23,24,25,26,27)/p+1/b4-3+. The second-order valence-corrected chi connectivity index (χ2v) is 6.72. The van der Waals surface area contributed by atoms with E-state index in [1.807, 2.05) is 19.1 Å². The van der Waals surface area contributed by atoms with E-state index in [1.54, 1.807) is 0 Å². The van der Waals surface area contributed by atoms with Crippen LogP contribution in [0.3, 0.4) is 0 Å². The first-order valence-corrected chi connectivity index (χ1v) is 9.66. The molecular formula is C19H35N2O6+. The molecule has 0 aliphatic rings. The molecule has 0 atom stereocenters. The van der Waals surface area contributed by atoms with Gasteiger partial charge in [-0.1, -0.05) is 19.1 Å². The Kier molecular flexibility index (Phi) is 14.1. The highest BCUT2D eigenvalue weighted by Gasteiger charge is 2.27. The first-order valence-electron chi connectivity index (χ1n) is 9.66. The van der Waals surface area contributed by atoms with E-state index in [0.717, 1.165) is 6.42 Å². The summed E-state index contributed by atoms with van der Waals surface area (Å²) < 4.78 is 0.410. The van der Waals surface area contributed by atoms with Crippen molar-refractivity contribution in [1.82, 2.24) is 5.32 Å². The third kappa shape index (κ3) is 13.9. The highest BCUT2D eigenvalue weighted by atomic mass is 16.4. The fourth-order valence-corrected chi connectivity index (χ4v) is 3.03. The molecule has 0 saturated carbocycles. The molecule has 0 fully saturated rings. The van der Waals surface area contributed by atoms with Crippen LogP contribution in [-0.2, 0) is 14.4 Å².